The molecule has 1 nitrogen and oxygen atoms in total. The third kappa shape index (κ3) is 883. The van der Waals surface area contributed by atoms with Gasteiger partial charge in [0.15, 0.2) is 0 Å². The zero-order valence-corrected chi connectivity index (χ0v) is 2.62. The molecule has 0 saturated carbocycles. The monoisotopic (exact) mass is 104 g/mol. The van der Waals surface area contributed by atoms with E-state index in [2.05, 4.69) is 5.11 Å². The lowest BCUT2D eigenvalue weighted by atomic mass is 10.5. The van der Waals surface area contributed by atoms with Crippen molar-refractivity contribution in [1.29, 1.82) is 1.43 Å². The third-order valence-electron chi connectivity index (χ3n) is 0. The summed E-state index contributed by atoms with van der Waals surface area (Å²) in [6.45, 7) is 0. The SMILES string of the molecule is FB(F)F.[2H]OC([2H])([2H])[2H]. The van der Waals surface area contributed by atoms with Crippen molar-refractivity contribution in [3.05, 3.63) is 0 Å². The molecule has 38 valence electrons. The molecule has 0 aromatic heterocycles. The first-order valence-electron chi connectivity index (χ1n) is 2.77. The molecule has 6 heavy (non-hydrogen) atoms. The Balaban J connectivity index is 0. The topological polar surface area (TPSA) is 20.2 Å². The average molecular weight is 104 g/mol. The average Bonchev–Trinajstić information content (AvgIpc) is 1.63. The highest BCUT2D eigenvalue weighted by molar-refractivity contribution is 6.33. The lowest BCUT2D eigenvalue weighted by Gasteiger charge is -1.55. The highest BCUT2D eigenvalue weighted by Gasteiger charge is 2.06. The van der Waals surface area contributed by atoms with E-state index >= 15 is 0 Å². The van der Waals surface area contributed by atoms with E-state index < -0.39 is 14.6 Å². The molecule has 0 bridgehead atoms. The molecule has 0 spiro atoms. The molecule has 0 heterocycles. The van der Waals surface area contributed by atoms with Crippen molar-refractivity contribution in [2.75, 3.05) is 7.04 Å². The maximum absolute atomic E-state index is 9.67. The van der Waals surface area contributed by atoms with E-state index in [4.69, 9.17) is 5.54 Å². The van der Waals surface area contributed by atoms with Gasteiger partial charge >= 0.3 is 7.54 Å². The van der Waals surface area contributed by atoms with Crippen LogP contribution in [-0.4, -0.2) is 21.1 Å². The molecule has 0 aromatic carbocycles. The molecule has 0 atom stereocenters. The molecule has 0 unspecified atom stereocenters. The smallest absolute Gasteiger partial charge is 0.400 e. The Bertz CT molecular complexity index is 72.6. The summed E-state index contributed by atoms with van der Waals surface area (Å²) < 4.78 is 53.1. The molecule has 0 fully saturated rings. The van der Waals surface area contributed by atoms with Gasteiger partial charge in [-0.1, -0.05) is 0 Å². The molecule has 0 radical (unpaired) electrons. The molecule has 0 aliphatic carbocycles. The van der Waals surface area contributed by atoms with Crippen molar-refractivity contribution in [2.45, 2.75) is 0 Å². The standard InChI is InChI=1S/CH4O.BF3/c1-2;2-1(3)4/h2H,1H3;/i1D3,2D;. The molecule has 0 aliphatic heterocycles. The van der Waals surface area contributed by atoms with E-state index in [1.165, 1.54) is 0 Å². The van der Waals surface area contributed by atoms with Crippen molar-refractivity contribution >= 4 is 7.54 Å². The first-order valence-corrected chi connectivity index (χ1v) is 0.859. The molecular weight excluding hydrogens is 95.8 g/mol. The van der Waals surface area contributed by atoms with Crippen LogP contribution in [0.3, 0.4) is 0 Å². The predicted molar refractivity (Wildman–Crippen MR) is 17.2 cm³/mol. The maximum atomic E-state index is 9.67. The summed E-state index contributed by atoms with van der Waals surface area (Å²) in [4.78, 5) is 0. The van der Waals surface area contributed by atoms with Gasteiger partial charge in [-0.2, -0.15) is 0 Å². The number of halogens is 3. The molecule has 0 aliphatic rings. The van der Waals surface area contributed by atoms with Gasteiger partial charge in [-0.05, 0) is 0 Å². The van der Waals surface area contributed by atoms with E-state index in [1.54, 1.807) is 0 Å². The lowest BCUT2D eigenvalue weighted by Crippen LogP contribution is -1.76. The lowest BCUT2D eigenvalue weighted by molar-refractivity contribution is 0.399. The van der Waals surface area contributed by atoms with Crippen LogP contribution in [0.25, 0.3) is 0 Å². The van der Waals surface area contributed by atoms with Crippen molar-refractivity contribution in [1.82, 2.24) is 0 Å². The Labute approximate surface area is 39.7 Å². The van der Waals surface area contributed by atoms with Gasteiger partial charge in [0, 0.05) is 7.04 Å². The van der Waals surface area contributed by atoms with E-state index in [9.17, 15) is 12.9 Å². The van der Waals surface area contributed by atoms with Crippen molar-refractivity contribution in [2.24, 2.45) is 0 Å². The third-order valence-corrected chi connectivity index (χ3v) is 0. The second-order valence-electron chi connectivity index (χ2n) is 0.247. The van der Waals surface area contributed by atoms with E-state index in [1.807, 2.05) is 0 Å². The van der Waals surface area contributed by atoms with Crippen LogP contribution in [0.15, 0.2) is 0 Å². The van der Waals surface area contributed by atoms with Gasteiger partial charge in [0.05, 0.1) is 4.11 Å². The second kappa shape index (κ2) is 8.84. The molecule has 0 rings (SSSR count). The van der Waals surface area contributed by atoms with E-state index in [-0.39, 0.29) is 0 Å². The quantitative estimate of drug-likeness (QED) is 0.443. The summed E-state index contributed by atoms with van der Waals surface area (Å²) in [7, 11) is -6.21. The van der Waals surface area contributed by atoms with Gasteiger partial charge in [0.1, 0.15) is 0 Å². The minimum Gasteiger partial charge on any atom is -0.400 e. The van der Waals surface area contributed by atoms with Gasteiger partial charge in [-0.25, -0.2) is 0 Å². The zero-order chi connectivity index (χ0) is 8.78. The van der Waals surface area contributed by atoms with Crippen LogP contribution in [-0.2, 0) is 0 Å². The van der Waals surface area contributed by atoms with Crippen molar-refractivity contribution in [3.63, 3.8) is 0 Å². The molecule has 5 heteroatoms. The Morgan fingerprint density at radius 2 is 2.00 bits per heavy atom. The van der Waals surface area contributed by atoms with Crippen LogP contribution in [0, 0.1) is 0 Å². The van der Waals surface area contributed by atoms with E-state index in [0.717, 1.165) is 0 Å². The first-order chi connectivity index (χ1) is 4.29. The molecule has 0 aromatic rings. The summed E-state index contributed by atoms with van der Waals surface area (Å²) in [6, 6.07) is 0. The van der Waals surface area contributed by atoms with Gasteiger partial charge < -0.3 is 5.11 Å². The van der Waals surface area contributed by atoms with E-state index in [0.29, 0.717) is 0 Å². The molecule has 0 saturated heterocycles. The predicted octanol–water partition coefficient (Wildman–Crippen LogP) is 0.488. The number of hydrogen-bond acceptors (Lipinski definition) is 1. The number of hydrogen-bond donors (Lipinski definition) is 1. The Kier molecular flexibility index (Phi) is 3.25. The summed E-state index contributed by atoms with van der Waals surface area (Å²) in [6.07, 6.45) is 0. The normalized spacial score (nSPS) is 17.2. The van der Waals surface area contributed by atoms with Crippen molar-refractivity contribution < 1.29 is 22.2 Å². The Morgan fingerprint density at radius 1 is 1.83 bits per heavy atom. The minimum absolute atomic E-state index is 2.54. The highest BCUT2D eigenvalue weighted by Crippen LogP contribution is 1.80. The van der Waals surface area contributed by atoms with Crippen LogP contribution in [0.2, 0.25) is 0 Å². The summed E-state index contributed by atoms with van der Waals surface area (Å²) in [5.74, 6) is 0. The van der Waals surface area contributed by atoms with Gasteiger partial charge in [0.2, 0.25) is 1.43 Å². The van der Waals surface area contributed by atoms with Gasteiger partial charge in [0.25, 0.3) is 0 Å². The largest absolute Gasteiger partial charge is 0.762 e. The fraction of sp³-hybridized carbons (Fsp3) is 1.00. The van der Waals surface area contributed by atoms with Crippen LogP contribution in [0.1, 0.15) is 4.11 Å². The fourth-order valence-electron chi connectivity index (χ4n) is 0. The summed E-state index contributed by atoms with van der Waals surface area (Å²) in [5, 5.41) is 3.19. The van der Waals surface area contributed by atoms with Crippen LogP contribution >= 0.6 is 0 Å². The maximum Gasteiger partial charge on any atom is 0.762 e. The molecular formula is CH4BF3O. The fourth-order valence-corrected chi connectivity index (χ4v) is 0. The van der Waals surface area contributed by atoms with Gasteiger partial charge in [-0.3, -0.25) is 12.9 Å². The van der Waals surface area contributed by atoms with Crippen LogP contribution in [0.4, 0.5) is 12.9 Å². The van der Waals surface area contributed by atoms with Gasteiger partial charge in [-0.15, -0.1) is 0 Å². The Hall–Kier alpha value is -0.185. The number of aliphatic hydroxyl groups is 1. The highest BCUT2D eigenvalue weighted by atomic mass is 19.4. The Morgan fingerprint density at radius 3 is 2.00 bits per heavy atom. The first kappa shape index (κ1) is 2.21. The van der Waals surface area contributed by atoms with Crippen molar-refractivity contribution in [3.8, 4) is 0 Å². The minimum atomic E-state index is -3.67. The second-order valence-corrected chi connectivity index (χ2v) is 0.247. The summed E-state index contributed by atoms with van der Waals surface area (Å²) in [5.41, 5.74) is 0. The zero-order valence-electron chi connectivity index (χ0n) is 6.62. The number of rotatable bonds is 0. The molecule has 0 amide bonds. The molecule has 1 N–H and O–H groups in total. The summed E-state index contributed by atoms with van der Waals surface area (Å²) >= 11 is 0. The van der Waals surface area contributed by atoms with Crippen LogP contribution in [0.5, 0.6) is 0 Å². The van der Waals surface area contributed by atoms with Crippen LogP contribution < -0.4 is 0 Å².